The molecule has 22 nitrogen and oxygen atoms in total. The molecule has 6 atom stereocenters. The highest BCUT2D eigenvalue weighted by Crippen LogP contribution is 2.19. The lowest BCUT2D eigenvalue weighted by Crippen LogP contribution is -2.60. The number of nitrogens with one attached hydrogen (secondary N) is 11. The molecule has 1 aliphatic rings. The summed E-state index contributed by atoms with van der Waals surface area (Å²) in [4.78, 5) is 120. The van der Waals surface area contributed by atoms with E-state index < -0.39 is 83.5 Å². The predicted octanol–water partition coefficient (Wildman–Crippen LogP) is -1.32. The number of aromatic nitrogens is 3. The van der Waals surface area contributed by atoms with Crippen LogP contribution in [0, 0.1) is 5.41 Å². The summed E-state index contributed by atoms with van der Waals surface area (Å²) in [5.74, 6) is -6.15. The Balaban J connectivity index is 1.49. The van der Waals surface area contributed by atoms with Gasteiger partial charge in [-0.2, -0.15) is 0 Å². The van der Waals surface area contributed by atoms with Gasteiger partial charge in [-0.15, -0.1) is 0 Å². The second kappa shape index (κ2) is 25.1. The lowest BCUT2D eigenvalue weighted by Gasteiger charge is -2.27. The number of hydrogen-bond donors (Lipinski definition) is 13. The molecule has 5 rings (SSSR count). The van der Waals surface area contributed by atoms with Gasteiger partial charge in [0.05, 0.1) is 12.0 Å². The van der Waals surface area contributed by atoms with Crippen LogP contribution >= 0.6 is 0 Å². The number of para-hydroxylation sites is 1. The van der Waals surface area contributed by atoms with E-state index in [1.165, 1.54) is 12.5 Å². The smallest absolute Gasteiger partial charge is 0.243 e. The Morgan fingerprint density at radius 2 is 1.52 bits per heavy atom. The Kier molecular flexibility index (Phi) is 18.8. The third-order valence-electron chi connectivity index (χ3n) is 11.1. The molecule has 1 fully saturated rings. The molecule has 67 heavy (non-hydrogen) atoms. The Bertz CT molecular complexity index is 2350. The SMILES string of the molecule is CCCC(=O)N[C@H]1CCC(=O)NCC[C@@H](C(=O)N[C@@H](Cc2c[nH]c3ccccc23)C(N)=O)NC(=O)[C@H](CCCNC(=N)N)NC(=O)[C@@H](Cc2ccccc2)NC(=O)[C@H](Cc2c[nH]cn2)NC1=O. The number of aromatic amines is 2. The minimum absolute atomic E-state index is 0.00490. The zero-order valence-corrected chi connectivity index (χ0v) is 37.2. The molecule has 0 aliphatic carbocycles. The van der Waals surface area contributed by atoms with Crippen LogP contribution in [0.4, 0.5) is 0 Å². The van der Waals surface area contributed by atoms with E-state index >= 15 is 0 Å². The van der Waals surface area contributed by atoms with Crippen LogP contribution in [-0.4, -0.2) is 118 Å². The summed E-state index contributed by atoms with van der Waals surface area (Å²) in [6.45, 7) is 1.74. The molecule has 3 heterocycles. The number of nitrogens with zero attached hydrogens (tertiary/aromatic N) is 1. The molecule has 2 aromatic heterocycles. The first kappa shape index (κ1) is 50.2. The molecule has 0 unspecified atom stereocenters. The second-order valence-electron chi connectivity index (χ2n) is 16.3. The molecular formula is C45H60N14O8. The summed E-state index contributed by atoms with van der Waals surface area (Å²) in [5, 5.41) is 29.9. The molecule has 0 radical (unpaired) electrons. The van der Waals surface area contributed by atoms with Crippen molar-refractivity contribution in [2.24, 2.45) is 11.5 Å². The summed E-state index contributed by atoms with van der Waals surface area (Å²) in [7, 11) is 0. The number of benzene rings is 2. The van der Waals surface area contributed by atoms with Crippen LogP contribution in [0.25, 0.3) is 10.9 Å². The number of guanidine groups is 1. The van der Waals surface area contributed by atoms with Crippen molar-refractivity contribution in [2.45, 2.75) is 107 Å². The lowest BCUT2D eigenvalue weighted by molar-refractivity contribution is -0.135. The van der Waals surface area contributed by atoms with Gasteiger partial charge < -0.3 is 64.0 Å². The normalized spacial score (nSPS) is 20.6. The second-order valence-corrected chi connectivity index (χ2v) is 16.3. The molecule has 8 amide bonds. The molecule has 22 heteroatoms. The Hall–Kier alpha value is -7.78. The zero-order chi connectivity index (χ0) is 48.3. The van der Waals surface area contributed by atoms with Crippen molar-refractivity contribution in [1.29, 1.82) is 5.41 Å². The topological polar surface area (TPSA) is 353 Å². The summed E-state index contributed by atoms with van der Waals surface area (Å²) in [6, 6.07) is 8.24. The summed E-state index contributed by atoms with van der Waals surface area (Å²) in [6.07, 6.45) is 4.51. The first-order valence-corrected chi connectivity index (χ1v) is 22.2. The number of fused-ring (bicyclic) bond motifs is 1. The van der Waals surface area contributed by atoms with E-state index in [4.69, 9.17) is 16.9 Å². The molecule has 2 aromatic carbocycles. The van der Waals surface area contributed by atoms with Crippen LogP contribution in [0.2, 0.25) is 0 Å². The fraction of sp³-hybridized carbons (Fsp3) is 0.422. The van der Waals surface area contributed by atoms with Gasteiger partial charge in [-0.3, -0.25) is 43.8 Å². The number of carbonyl (C=O) groups excluding carboxylic acids is 8. The predicted molar refractivity (Wildman–Crippen MR) is 246 cm³/mol. The first-order chi connectivity index (χ1) is 32.2. The van der Waals surface area contributed by atoms with E-state index in [0.717, 1.165) is 10.9 Å². The fourth-order valence-electron chi connectivity index (χ4n) is 7.53. The number of H-pyrrole nitrogens is 2. The maximum absolute atomic E-state index is 14.4. The van der Waals surface area contributed by atoms with E-state index in [9.17, 15) is 38.4 Å². The minimum Gasteiger partial charge on any atom is -0.370 e. The number of primary amides is 1. The zero-order valence-electron chi connectivity index (χ0n) is 37.2. The molecule has 0 saturated carbocycles. The molecule has 0 spiro atoms. The Labute approximate surface area is 386 Å². The maximum atomic E-state index is 14.4. The number of amides is 8. The highest BCUT2D eigenvalue weighted by Gasteiger charge is 2.34. The van der Waals surface area contributed by atoms with Crippen molar-refractivity contribution in [1.82, 2.24) is 57.5 Å². The summed E-state index contributed by atoms with van der Waals surface area (Å²) >= 11 is 0. The average molecular weight is 925 g/mol. The van der Waals surface area contributed by atoms with E-state index in [2.05, 4.69) is 57.5 Å². The van der Waals surface area contributed by atoms with Crippen molar-refractivity contribution in [3.8, 4) is 0 Å². The third-order valence-corrected chi connectivity index (χ3v) is 11.1. The van der Waals surface area contributed by atoms with Gasteiger partial charge in [0, 0.05) is 68.5 Å². The lowest BCUT2D eigenvalue weighted by atomic mass is 10.0. The monoisotopic (exact) mass is 924 g/mol. The fourth-order valence-corrected chi connectivity index (χ4v) is 7.53. The average Bonchev–Trinajstić information content (AvgIpc) is 3.97. The van der Waals surface area contributed by atoms with Crippen LogP contribution in [0.3, 0.4) is 0 Å². The van der Waals surface area contributed by atoms with Crippen molar-refractivity contribution in [3.63, 3.8) is 0 Å². The van der Waals surface area contributed by atoms with Gasteiger partial charge >= 0.3 is 0 Å². The van der Waals surface area contributed by atoms with Crippen molar-refractivity contribution in [3.05, 3.63) is 90.1 Å². The van der Waals surface area contributed by atoms with Crippen LogP contribution < -0.4 is 54.0 Å². The minimum atomic E-state index is -1.40. The quantitative estimate of drug-likeness (QED) is 0.0355. The van der Waals surface area contributed by atoms with Gasteiger partial charge in [0.1, 0.15) is 36.3 Å². The first-order valence-electron chi connectivity index (χ1n) is 22.2. The van der Waals surface area contributed by atoms with Gasteiger partial charge in [0.25, 0.3) is 0 Å². The van der Waals surface area contributed by atoms with Crippen LogP contribution in [-0.2, 0) is 57.6 Å². The van der Waals surface area contributed by atoms with Gasteiger partial charge in [-0.05, 0) is 49.3 Å². The van der Waals surface area contributed by atoms with Gasteiger partial charge in [-0.25, -0.2) is 4.98 Å². The van der Waals surface area contributed by atoms with E-state index in [1.54, 1.807) is 43.5 Å². The number of rotatable bonds is 16. The van der Waals surface area contributed by atoms with Crippen molar-refractivity contribution >= 4 is 64.1 Å². The number of imidazole rings is 1. The molecule has 15 N–H and O–H groups in total. The molecule has 0 bridgehead atoms. The van der Waals surface area contributed by atoms with Gasteiger partial charge in [0.2, 0.25) is 47.3 Å². The molecule has 358 valence electrons. The van der Waals surface area contributed by atoms with Crippen LogP contribution in [0.5, 0.6) is 0 Å². The third kappa shape index (κ3) is 15.7. The van der Waals surface area contributed by atoms with Crippen molar-refractivity contribution < 1.29 is 38.4 Å². The van der Waals surface area contributed by atoms with Gasteiger partial charge in [0.15, 0.2) is 5.96 Å². The highest BCUT2D eigenvalue weighted by atomic mass is 16.2. The Morgan fingerprint density at radius 1 is 0.836 bits per heavy atom. The van der Waals surface area contributed by atoms with E-state index in [1.807, 2.05) is 24.3 Å². The van der Waals surface area contributed by atoms with Crippen molar-refractivity contribution in [2.75, 3.05) is 13.1 Å². The van der Waals surface area contributed by atoms with Gasteiger partial charge in [-0.1, -0.05) is 55.5 Å². The molecule has 4 aromatic rings. The largest absolute Gasteiger partial charge is 0.370 e. The number of nitrogens with two attached hydrogens (primary N) is 2. The van der Waals surface area contributed by atoms with E-state index in [-0.39, 0.29) is 76.8 Å². The Morgan fingerprint density at radius 3 is 2.22 bits per heavy atom. The molecule has 1 aliphatic heterocycles. The standard InChI is InChI=1S/C45H60N14O8/c1-2-9-38(61)54-32-15-16-37(60)50-19-17-33(42(65)57-34(39(46)62)21-27-23-52-30-13-7-6-12-29(27)30)56-40(63)31(14-8-18-51-45(47)48)55-43(66)35(20-26-10-4-3-5-11-26)58-44(67)36(59-41(32)64)22-28-24-49-25-53-28/h3-7,10-13,23-25,31-36,52H,2,8-9,14-22H2,1H3,(H2,46,62)(H,49,53)(H,50,60)(H,54,61)(H,55,66)(H,56,63)(H,57,65)(H,58,67)(H,59,64)(H4,47,48,51)/t31-,32-,33-,34-,35+,36-/m0/s1. The maximum Gasteiger partial charge on any atom is 0.243 e. The molecular weight excluding hydrogens is 865 g/mol. The highest BCUT2D eigenvalue weighted by molar-refractivity contribution is 5.97. The van der Waals surface area contributed by atoms with E-state index in [0.29, 0.717) is 23.2 Å². The number of hydrogen-bond acceptors (Lipinski definition) is 10. The molecule has 1 saturated heterocycles. The van der Waals surface area contributed by atoms with Crippen LogP contribution in [0.15, 0.2) is 73.3 Å². The summed E-state index contributed by atoms with van der Waals surface area (Å²) in [5.41, 5.74) is 13.8. The summed E-state index contributed by atoms with van der Waals surface area (Å²) < 4.78 is 0. The number of carbonyl (C=O) groups is 8. The van der Waals surface area contributed by atoms with Crippen LogP contribution in [0.1, 0.15) is 68.7 Å².